The summed E-state index contributed by atoms with van der Waals surface area (Å²) in [5.41, 5.74) is 9.23. The third kappa shape index (κ3) is 6.06. The third-order valence-corrected chi connectivity index (χ3v) is 6.46. The van der Waals surface area contributed by atoms with E-state index in [0.717, 1.165) is 30.4 Å². The number of amides is 1. The van der Waals surface area contributed by atoms with Crippen molar-refractivity contribution in [2.45, 2.75) is 58.2 Å². The Hall–Kier alpha value is -3.98. The van der Waals surface area contributed by atoms with Crippen LogP contribution in [0, 0.1) is 0 Å². The van der Waals surface area contributed by atoms with Crippen molar-refractivity contribution in [3.05, 3.63) is 66.0 Å². The molecule has 2 aromatic heterocycles. The summed E-state index contributed by atoms with van der Waals surface area (Å²) in [7, 11) is 1.55. The molecule has 0 saturated heterocycles. The minimum absolute atomic E-state index is 0.200. The van der Waals surface area contributed by atoms with Crippen molar-refractivity contribution >= 4 is 22.8 Å². The standard InChI is InChI=1S/C28H34N6O3/c1-4-14-28(2,36)15-7-16-34-26-23(25(29)31-18-32-26)24(33-34)20-12-10-19(11-13-20)17-30-27(35)21-8-5-6-9-22(21)37-3/h5-6,8-13,18,36H,4,7,14-17H2,1-3H3,(H,30,35)(H2,29,31,32). The Morgan fingerprint density at radius 1 is 1.14 bits per heavy atom. The second kappa shape index (κ2) is 11.4. The molecule has 9 heteroatoms. The van der Waals surface area contributed by atoms with Gasteiger partial charge in [-0.2, -0.15) is 5.10 Å². The Morgan fingerprint density at radius 3 is 2.62 bits per heavy atom. The molecule has 4 aromatic rings. The molecule has 4 N–H and O–H groups in total. The zero-order chi connectivity index (χ0) is 26.4. The van der Waals surface area contributed by atoms with Crippen molar-refractivity contribution in [2.24, 2.45) is 0 Å². The van der Waals surface area contributed by atoms with Crippen LogP contribution in [0.2, 0.25) is 0 Å². The highest BCUT2D eigenvalue weighted by Crippen LogP contribution is 2.31. The lowest BCUT2D eigenvalue weighted by Crippen LogP contribution is -2.24. The number of nitrogens with zero attached hydrogens (tertiary/aromatic N) is 4. The molecule has 0 spiro atoms. The first-order chi connectivity index (χ1) is 17.8. The number of aliphatic hydroxyl groups is 1. The SMILES string of the molecule is CCCC(C)(O)CCCn1nc(-c2ccc(CNC(=O)c3ccccc3OC)cc2)c2c(N)ncnc21. The van der Waals surface area contributed by atoms with Crippen molar-refractivity contribution in [3.8, 4) is 17.0 Å². The van der Waals surface area contributed by atoms with E-state index in [1.165, 1.54) is 6.33 Å². The summed E-state index contributed by atoms with van der Waals surface area (Å²) in [5.74, 6) is 0.707. The van der Waals surface area contributed by atoms with Crippen LogP contribution >= 0.6 is 0 Å². The highest BCUT2D eigenvalue weighted by atomic mass is 16.5. The van der Waals surface area contributed by atoms with Gasteiger partial charge < -0.3 is 20.9 Å². The number of aromatic nitrogens is 4. The maximum atomic E-state index is 12.6. The fourth-order valence-electron chi connectivity index (χ4n) is 4.55. The molecule has 0 aliphatic heterocycles. The molecule has 37 heavy (non-hydrogen) atoms. The van der Waals surface area contributed by atoms with Crippen LogP contribution in [0.4, 0.5) is 5.82 Å². The van der Waals surface area contributed by atoms with Crippen molar-refractivity contribution in [2.75, 3.05) is 12.8 Å². The topological polar surface area (TPSA) is 128 Å². The average molecular weight is 503 g/mol. The van der Waals surface area contributed by atoms with Crippen LogP contribution in [0.5, 0.6) is 5.75 Å². The van der Waals surface area contributed by atoms with E-state index in [4.69, 9.17) is 15.6 Å². The van der Waals surface area contributed by atoms with E-state index in [2.05, 4.69) is 22.2 Å². The van der Waals surface area contributed by atoms with Crippen LogP contribution in [0.3, 0.4) is 0 Å². The van der Waals surface area contributed by atoms with Crippen LogP contribution in [0.15, 0.2) is 54.9 Å². The normalized spacial score (nSPS) is 12.9. The average Bonchev–Trinajstić information content (AvgIpc) is 3.27. The lowest BCUT2D eigenvalue weighted by molar-refractivity contribution is 0.0380. The molecule has 0 fully saturated rings. The molecule has 1 amide bonds. The number of carbonyl (C=O) groups excluding carboxylic acids is 1. The number of hydrogen-bond acceptors (Lipinski definition) is 7. The number of ether oxygens (including phenoxy) is 1. The molecule has 0 bridgehead atoms. The second-order valence-corrected chi connectivity index (χ2v) is 9.46. The lowest BCUT2D eigenvalue weighted by Gasteiger charge is -2.22. The molecule has 0 radical (unpaired) electrons. The zero-order valence-electron chi connectivity index (χ0n) is 21.6. The minimum Gasteiger partial charge on any atom is -0.496 e. The highest BCUT2D eigenvalue weighted by Gasteiger charge is 2.21. The molecule has 0 aliphatic carbocycles. The fourth-order valence-corrected chi connectivity index (χ4v) is 4.55. The molecular formula is C28H34N6O3. The van der Waals surface area contributed by atoms with E-state index in [1.807, 2.05) is 41.9 Å². The molecular weight excluding hydrogens is 468 g/mol. The first kappa shape index (κ1) is 26.1. The van der Waals surface area contributed by atoms with Gasteiger partial charge in [0.1, 0.15) is 23.6 Å². The Bertz CT molecular complexity index is 1360. The van der Waals surface area contributed by atoms with Gasteiger partial charge in [-0.3, -0.25) is 4.79 Å². The number of hydrogen-bond donors (Lipinski definition) is 3. The summed E-state index contributed by atoms with van der Waals surface area (Å²) >= 11 is 0. The lowest BCUT2D eigenvalue weighted by atomic mass is 9.95. The van der Waals surface area contributed by atoms with E-state index in [9.17, 15) is 9.90 Å². The summed E-state index contributed by atoms with van der Waals surface area (Å²) in [6.07, 6.45) is 4.58. The number of anilines is 1. The summed E-state index contributed by atoms with van der Waals surface area (Å²) in [4.78, 5) is 21.2. The van der Waals surface area contributed by atoms with Gasteiger partial charge in [0.2, 0.25) is 0 Å². The fraction of sp³-hybridized carbons (Fsp3) is 0.357. The van der Waals surface area contributed by atoms with Crippen molar-refractivity contribution in [1.29, 1.82) is 0 Å². The first-order valence-electron chi connectivity index (χ1n) is 12.5. The number of para-hydroxylation sites is 1. The van der Waals surface area contributed by atoms with Crippen LogP contribution in [0.1, 0.15) is 55.5 Å². The number of benzene rings is 2. The molecule has 2 heterocycles. The van der Waals surface area contributed by atoms with E-state index < -0.39 is 5.60 Å². The summed E-state index contributed by atoms with van der Waals surface area (Å²) < 4.78 is 7.12. The van der Waals surface area contributed by atoms with Gasteiger partial charge in [-0.25, -0.2) is 14.6 Å². The maximum Gasteiger partial charge on any atom is 0.255 e. The number of rotatable bonds is 11. The first-order valence-corrected chi connectivity index (χ1v) is 12.5. The van der Waals surface area contributed by atoms with E-state index >= 15 is 0 Å². The van der Waals surface area contributed by atoms with Gasteiger partial charge in [0.15, 0.2) is 5.65 Å². The molecule has 2 aromatic carbocycles. The number of nitrogens with one attached hydrogen (secondary N) is 1. The van der Waals surface area contributed by atoms with Crippen LogP contribution < -0.4 is 15.8 Å². The number of nitrogens with two attached hydrogens (primary N) is 1. The largest absolute Gasteiger partial charge is 0.496 e. The third-order valence-electron chi connectivity index (χ3n) is 6.46. The van der Waals surface area contributed by atoms with Crippen LogP contribution in [-0.2, 0) is 13.1 Å². The molecule has 1 atom stereocenters. The number of nitrogen functional groups attached to an aromatic ring is 1. The van der Waals surface area contributed by atoms with Crippen molar-refractivity contribution in [1.82, 2.24) is 25.1 Å². The van der Waals surface area contributed by atoms with Crippen LogP contribution in [-0.4, -0.2) is 43.5 Å². The van der Waals surface area contributed by atoms with Gasteiger partial charge in [-0.1, -0.05) is 49.7 Å². The second-order valence-electron chi connectivity index (χ2n) is 9.46. The molecule has 4 rings (SSSR count). The van der Waals surface area contributed by atoms with E-state index in [1.54, 1.807) is 25.3 Å². The zero-order valence-corrected chi connectivity index (χ0v) is 21.6. The molecule has 9 nitrogen and oxygen atoms in total. The number of carbonyl (C=O) groups is 1. The molecule has 0 saturated carbocycles. The Kier molecular flexibility index (Phi) is 8.03. The molecule has 194 valence electrons. The van der Waals surface area contributed by atoms with Gasteiger partial charge in [-0.15, -0.1) is 0 Å². The monoisotopic (exact) mass is 502 g/mol. The van der Waals surface area contributed by atoms with Gasteiger partial charge in [-0.05, 0) is 43.9 Å². The summed E-state index contributed by atoms with van der Waals surface area (Å²) in [5, 5.41) is 19.0. The highest BCUT2D eigenvalue weighted by molar-refractivity contribution is 5.98. The van der Waals surface area contributed by atoms with Crippen LogP contribution in [0.25, 0.3) is 22.3 Å². The van der Waals surface area contributed by atoms with Gasteiger partial charge in [0.25, 0.3) is 5.91 Å². The Balaban J connectivity index is 1.50. The Morgan fingerprint density at radius 2 is 1.89 bits per heavy atom. The number of methoxy groups -OCH3 is 1. The maximum absolute atomic E-state index is 12.6. The Labute approximate surface area is 216 Å². The van der Waals surface area contributed by atoms with Crippen molar-refractivity contribution < 1.29 is 14.6 Å². The number of aryl methyl sites for hydroxylation is 1. The van der Waals surface area contributed by atoms with Gasteiger partial charge >= 0.3 is 0 Å². The van der Waals surface area contributed by atoms with Crippen molar-refractivity contribution in [3.63, 3.8) is 0 Å². The van der Waals surface area contributed by atoms with E-state index in [-0.39, 0.29) is 5.91 Å². The predicted octanol–water partition coefficient (Wildman–Crippen LogP) is 4.35. The predicted molar refractivity (Wildman–Crippen MR) is 144 cm³/mol. The molecule has 1 unspecified atom stereocenters. The van der Waals surface area contributed by atoms with Gasteiger partial charge in [0, 0.05) is 18.7 Å². The quantitative estimate of drug-likeness (QED) is 0.278. The van der Waals surface area contributed by atoms with Gasteiger partial charge in [0.05, 0.1) is 23.7 Å². The molecule has 0 aliphatic rings. The summed E-state index contributed by atoms with van der Waals surface area (Å²) in [6, 6.07) is 14.9. The minimum atomic E-state index is -0.689. The number of fused-ring (bicyclic) bond motifs is 1. The smallest absolute Gasteiger partial charge is 0.255 e. The summed E-state index contributed by atoms with van der Waals surface area (Å²) in [6.45, 7) is 4.93. The van der Waals surface area contributed by atoms with E-state index in [0.29, 0.717) is 53.4 Å².